The van der Waals surface area contributed by atoms with E-state index >= 15 is 0 Å². The van der Waals surface area contributed by atoms with Crippen molar-refractivity contribution in [3.05, 3.63) is 58.3 Å². The Bertz CT molecular complexity index is 569. The minimum Gasteiger partial charge on any atom is -0.389 e. The Balaban J connectivity index is 2.31. The van der Waals surface area contributed by atoms with Gasteiger partial charge in [0, 0.05) is 22.9 Å². The Labute approximate surface area is 120 Å². The van der Waals surface area contributed by atoms with Crippen molar-refractivity contribution in [3.63, 3.8) is 0 Å². The van der Waals surface area contributed by atoms with Gasteiger partial charge < -0.3 is 10.0 Å². The Morgan fingerprint density at radius 2 is 1.68 bits per heavy atom. The predicted octanol–water partition coefficient (Wildman–Crippen LogP) is 4.41. The highest BCUT2D eigenvalue weighted by atomic mass is 79.9. The van der Waals surface area contributed by atoms with E-state index in [0.717, 1.165) is 21.4 Å². The normalized spacial score (nSPS) is 12.3. The van der Waals surface area contributed by atoms with Gasteiger partial charge in [-0.1, -0.05) is 22.0 Å². The molecule has 0 aliphatic heterocycles. The molecule has 0 heterocycles. The first-order valence-electron chi connectivity index (χ1n) is 5.96. The van der Waals surface area contributed by atoms with Crippen LogP contribution in [0.15, 0.2) is 46.9 Å². The van der Waals surface area contributed by atoms with Gasteiger partial charge >= 0.3 is 0 Å². The fourth-order valence-corrected chi connectivity index (χ4v) is 2.58. The van der Waals surface area contributed by atoms with Gasteiger partial charge in [0.15, 0.2) is 0 Å². The fraction of sp³-hybridized carbons (Fsp3) is 0.200. The summed E-state index contributed by atoms with van der Waals surface area (Å²) in [5.41, 5.74) is 2.71. The van der Waals surface area contributed by atoms with E-state index in [1.54, 1.807) is 19.1 Å². The van der Waals surface area contributed by atoms with Crippen molar-refractivity contribution in [2.24, 2.45) is 0 Å². The van der Waals surface area contributed by atoms with Crippen LogP contribution in [0.25, 0.3) is 0 Å². The lowest BCUT2D eigenvalue weighted by molar-refractivity contribution is 0.198. The van der Waals surface area contributed by atoms with Gasteiger partial charge in [0.2, 0.25) is 0 Å². The molecule has 0 radical (unpaired) electrons. The van der Waals surface area contributed by atoms with Crippen molar-refractivity contribution in [3.8, 4) is 0 Å². The van der Waals surface area contributed by atoms with Crippen LogP contribution in [0.2, 0.25) is 0 Å². The molecule has 19 heavy (non-hydrogen) atoms. The molecule has 2 nitrogen and oxygen atoms in total. The molecule has 2 rings (SSSR count). The highest BCUT2D eigenvalue weighted by Gasteiger charge is 2.10. The number of aliphatic hydroxyl groups is 1. The molecule has 0 aromatic heterocycles. The van der Waals surface area contributed by atoms with E-state index in [4.69, 9.17) is 0 Å². The zero-order valence-corrected chi connectivity index (χ0v) is 12.4. The maximum atomic E-state index is 12.9. The molecular formula is C15H15BrFNO. The third-order valence-corrected chi connectivity index (χ3v) is 3.72. The Morgan fingerprint density at radius 3 is 2.21 bits per heavy atom. The summed E-state index contributed by atoms with van der Waals surface area (Å²) < 4.78 is 13.8. The Kier molecular flexibility index (Phi) is 4.22. The second-order valence-corrected chi connectivity index (χ2v) is 5.27. The fourth-order valence-electron chi connectivity index (χ4n) is 1.88. The maximum Gasteiger partial charge on any atom is 0.123 e. The number of benzene rings is 2. The minimum atomic E-state index is -0.514. The third-order valence-electron chi connectivity index (χ3n) is 3.04. The molecule has 0 fully saturated rings. The van der Waals surface area contributed by atoms with Crippen molar-refractivity contribution in [2.75, 3.05) is 11.9 Å². The predicted molar refractivity (Wildman–Crippen MR) is 79.2 cm³/mol. The maximum absolute atomic E-state index is 12.9. The zero-order chi connectivity index (χ0) is 14.0. The average molecular weight is 324 g/mol. The minimum absolute atomic E-state index is 0.247. The first kappa shape index (κ1) is 14.0. The van der Waals surface area contributed by atoms with Crippen molar-refractivity contribution in [1.82, 2.24) is 0 Å². The SMILES string of the molecule is C[C@@H](O)c1ccc(N(C)c2ccc(F)cc2)cc1Br. The number of hydrogen-bond acceptors (Lipinski definition) is 2. The summed E-state index contributed by atoms with van der Waals surface area (Å²) in [6, 6.07) is 12.1. The van der Waals surface area contributed by atoms with Crippen LogP contribution in [-0.2, 0) is 0 Å². The highest BCUT2D eigenvalue weighted by molar-refractivity contribution is 9.10. The summed E-state index contributed by atoms with van der Waals surface area (Å²) in [4.78, 5) is 1.95. The van der Waals surface area contributed by atoms with Crippen LogP contribution >= 0.6 is 15.9 Å². The van der Waals surface area contributed by atoms with E-state index in [9.17, 15) is 9.50 Å². The second kappa shape index (κ2) is 5.72. The Morgan fingerprint density at radius 1 is 1.11 bits per heavy atom. The summed E-state index contributed by atoms with van der Waals surface area (Å²) in [5, 5.41) is 9.60. The summed E-state index contributed by atoms with van der Waals surface area (Å²) in [6.07, 6.45) is -0.514. The number of nitrogens with zero attached hydrogens (tertiary/aromatic N) is 1. The molecule has 2 aromatic carbocycles. The quantitative estimate of drug-likeness (QED) is 0.904. The first-order valence-corrected chi connectivity index (χ1v) is 6.75. The second-order valence-electron chi connectivity index (χ2n) is 4.42. The van der Waals surface area contributed by atoms with Gasteiger partial charge in [0.05, 0.1) is 6.10 Å². The molecule has 0 bridgehead atoms. The molecule has 100 valence electrons. The van der Waals surface area contributed by atoms with Crippen LogP contribution in [0.5, 0.6) is 0 Å². The van der Waals surface area contributed by atoms with E-state index < -0.39 is 6.10 Å². The van der Waals surface area contributed by atoms with Gasteiger partial charge in [0.1, 0.15) is 5.82 Å². The van der Waals surface area contributed by atoms with E-state index in [1.807, 2.05) is 30.1 Å². The van der Waals surface area contributed by atoms with Crippen LogP contribution in [0.4, 0.5) is 15.8 Å². The smallest absolute Gasteiger partial charge is 0.123 e. The van der Waals surface area contributed by atoms with Gasteiger partial charge in [-0.2, -0.15) is 0 Å². The molecule has 0 saturated carbocycles. The molecule has 0 aliphatic rings. The third kappa shape index (κ3) is 3.14. The van der Waals surface area contributed by atoms with Crippen LogP contribution in [0.1, 0.15) is 18.6 Å². The van der Waals surface area contributed by atoms with Crippen LogP contribution < -0.4 is 4.90 Å². The number of hydrogen-bond donors (Lipinski definition) is 1. The van der Waals surface area contributed by atoms with Gasteiger partial charge in [-0.15, -0.1) is 0 Å². The number of anilines is 2. The number of halogens is 2. The van der Waals surface area contributed by atoms with Gasteiger partial charge in [-0.3, -0.25) is 0 Å². The van der Waals surface area contributed by atoms with Gasteiger partial charge in [0.25, 0.3) is 0 Å². The molecule has 0 amide bonds. The molecular weight excluding hydrogens is 309 g/mol. The van der Waals surface area contributed by atoms with E-state index in [0.29, 0.717) is 0 Å². The van der Waals surface area contributed by atoms with Crippen LogP contribution in [-0.4, -0.2) is 12.2 Å². The lowest BCUT2D eigenvalue weighted by Gasteiger charge is -2.21. The standard InChI is InChI=1S/C15H15BrFNO/c1-10(19)14-8-7-13(9-15(14)16)18(2)12-5-3-11(17)4-6-12/h3-10,19H,1-2H3/t10-/m1/s1. The van der Waals surface area contributed by atoms with E-state index in [-0.39, 0.29) is 5.82 Å². The molecule has 4 heteroatoms. The zero-order valence-electron chi connectivity index (χ0n) is 10.8. The van der Waals surface area contributed by atoms with Crippen molar-refractivity contribution in [1.29, 1.82) is 0 Å². The average Bonchev–Trinajstić information content (AvgIpc) is 2.38. The lowest BCUT2D eigenvalue weighted by Crippen LogP contribution is -2.09. The van der Waals surface area contributed by atoms with Crippen molar-refractivity contribution >= 4 is 27.3 Å². The lowest BCUT2D eigenvalue weighted by atomic mass is 10.1. The van der Waals surface area contributed by atoms with Gasteiger partial charge in [-0.25, -0.2) is 4.39 Å². The largest absolute Gasteiger partial charge is 0.389 e. The molecule has 0 unspecified atom stereocenters. The Hall–Kier alpha value is -1.39. The van der Waals surface area contributed by atoms with E-state index in [1.165, 1.54) is 12.1 Å². The molecule has 0 spiro atoms. The molecule has 0 saturated heterocycles. The number of rotatable bonds is 3. The van der Waals surface area contributed by atoms with Crippen molar-refractivity contribution < 1.29 is 9.50 Å². The highest BCUT2D eigenvalue weighted by Crippen LogP contribution is 2.30. The topological polar surface area (TPSA) is 23.5 Å². The molecule has 2 aromatic rings. The molecule has 1 atom stereocenters. The summed E-state index contributed by atoms with van der Waals surface area (Å²) in [7, 11) is 1.91. The monoisotopic (exact) mass is 323 g/mol. The van der Waals surface area contributed by atoms with Crippen LogP contribution in [0.3, 0.4) is 0 Å². The summed E-state index contributed by atoms with van der Waals surface area (Å²) in [6.45, 7) is 1.73. The first-order chi connectivity index (χ1) is 8.99. The molecule has 0 aliphatic carbocycles. The van der Waals surface area contributed by atoms with Gasteiger partial charge in [-0.05, 0) is 48.9 Å². The van der Waals surface area contributed by atoms with Crippen LogP contribution in [0, 0.1) is 5.82 Å². The summed E-state index contributed by atoms with van der Waals surface area (Å²) >= 11 is 3.45. The number of aliphatic hydroxyl groups excluding tert-OH is 1. The van der Waals surface area contributed by atoms with E-state index in [2.05, 4.69) is 15.9 Å². The molecule has 1 N–H and O–H groups in total. The summed E-state index contributed by atoms with van der Waals surface area (Å²) in [5.74, 6) is -0.247. The van der Waals surface area contributed by atoms with Crippen molar-refractivity contribution in [2.45, 2.75) is 13.0 Å².